The molecule has 0 radical (unpaired) electrons. The van der Waals surface area contributed by atoms with Crippen molar-refractivity contribution in [2.75, 3.05) is 0 Å². The van der Waals surface area contributed by atoms with E-state index in [9.17, 15) is 9.18 Å². The van der Waals surface area contributed by atoms with E-state index in [1.54, 1.807) is 6.07 Å². The van der Waals surface area contributed by atoms with Gasteiger partial charge in [0.25, 0.3) is 0 Å². The number of carbonyl (C=O) groups is 1. The Kier molecular flexibility index (Phi) is 4.16. The molecule has 0 aromatic heterocycles. The van der Waals surface area contributed by atoms with Gasteiger partial charge < -0.3 is 0 Å². The van der Waals surface area contributed by atoms with Gasteiger partial charge in [0.05, 0.1) is 5.02 Å². The first kappa shape index (κ1) is 12.6. The monoisotopic (exact) mass is 254 g/mol. The number of Topliss-reactive ketones (excluding diaryl/α,β-unsaturated/α-hetero) is 1. The van der Waals surface area contributed by atoms with Gasteiger partial charge in [0, 0.05) is 12.3 Å². The van der Waals surface area contributed by atoms with E-state index in [0.717, 1.165) is 31.2 Å². The lowest BCUT2D eigenvalue weighted by Gasteiger charge is -2.20. The SMILES string of the molecule is O=C(Cc1ccc(Cl)c(F)c1)C1CCCCC1. The standard InChI is InChI=1S/C14H16ClFO/c15-12-7-6-10(8-13(12)16)9-14(17)11-4-2-1-3-5-11/h6-8,11H,1-5,9H2. The van der Waals surface area contributed by atoms with E-state index in [1.165, 1.54) is 18.6 Å². The number of hydrogen-bond donors (Lipinski definition) is 0. The smallest absolute Gasteiger partial charge is 0.142 e. The molecule has 1 aromatic rings. The molecule has 3 heteroatoms. The van der Waals surface area contributed by atoms with Crippen molar-refractivity contribution in [1.29, 1.82) is 0 Å². The predicted octanol–water partition coefficient (Wildman–Crippen LogP) is 4.17. The molecule has 0 aliphatic heterocycles. The maximum Gasteiger partial charge on any atom is 0.142 e. The Morgan fingerprint density at radius 2 is 2.00 bits per heavy atom. The number of ketones is 1. The maximum atomic E-state index is 13.2. The summed E-state index contributed by atoms with van der Waals surface area (Å²) in [5.74, 6) is -0.0190. The van der Waals surface area contributed by atoms with Gasteiger partial charge in [-0.15, -0.1) is 0 Å². The van der Waals surface area contributed by atoms with Crippen molar-refractivity contribution >= 4 is 17.4 Å². The lowest BCUT2D eigenvalue weighted by Crippen LogP contribution is -2.19. The minimum Gasteiger partial charge on any atom is -0.299 e. The Hall–Kier alpha value is -0.890. The van der Waals surface area contributed by atoms with Crippen LogP contribution in [-0.4, -0.2) is 5.78 Å². The van der Waals surface area contributed by atoms with Crippen LogP contribution in [0.15, 0.2) is 18.2 Å². The molecule has 0 unspecified atom stereocenters. The van der Waals surface area contributed by atoms with Crippen LogP contribution < -0.4 is 0 Å². The molecule has 17 heavy (non-hydrogen) atoms. The van der Waals surface area contributed by atoms with Gasteiger partial charge in [0.2, 0.25) is 0 Å². The third-order valence-electron chi connectivity index (χ3n) is 3.42. The van der Waals surface area contributed by atoms with Crippen molar-refractivity contribution < 1.29 is 9.18 Å². The van der Waals surface area contributed by atoms with E-state index in [0.29, 0.717) is 6.42 Å². The van der Waals surface area contributed by atoms with Crippen molar-refractivity contribution in [3.63, 3.8) is 0 Å². The van der Waals surface area contributed by atoms with E-state index in [4.69, 9.17) is 11.6 Å². The Balaban J connectivity index is 1.99. The summed E-state index contributed by atoms with van der Waals surface area (Å²) in [6.45, 7) is 0. The summed E-state index contributed by atoms with van der Waals surface area (Å²) in [4.78, 5) is 12.0. The van der Waals surface area contributed by atoms with Crippen LogP contribution in [0.2, 0.25) is 5.02 Å². The van der Waals surface area contributed by atoms with Gasteiger partial charge in [0.15, 0.2) is 0 Å². The zero-order valence-corrected chi connectivity index (χ0v) is 10.5. The number of rotatable bonds is 3. The summed E-state index contributed by atoms with van der Waals surface area (Å²) < 4.78 is 13.2. The summed E-state index contributed by atoms with van der Waals surface area (Å²) in [7, 11) is 0. The van der Waals surface area contributed by atoms with Gasteiger partial charge in [0.1, 0.15) is 11.6 Å². The highest BCUT2D eigenvalue weighted by Gasteiger charge is 2.21. The second kappa shape index (κ2) is 5.63. The van der Waals surface area contributed by atoms with Crippen LogP contribution in [0.4, 0.5) is 4.39 Å². The zero-order valence-electron chi connectivity index (χ0n) is 9.72. The van der Waals surface area contributed by atoms with E-state index < -0.39 is 5.82 Å². The van der Waals surface area contributed by atoms with E-state index in [2.05, 4.69) is 0 Å². The third-order valence-corrected chi connectivity index (χ3v) is 3.73. The molecule has 1 nitrogen and oxygen atoms in total. The summed E-state index contributed by atoms with van der Waals surface area (Å²) in [5, 5.41) is 0.110. The van der Waals surface area contributed by atoms with Gasteiger partial charge in [-0.05, 0) is 30.5 Å². The van der Waals surface area contributed by atoms with Crippen LogP contribution in [0.25, 0.3) is 0 Å². The Morgan fingerprint density at radius 1 is 1.29 bits per heavy atom. The van der Waals surface area contributed by atoms with Crippen LogP contribution in [0, 0.1) is 11.7 Å². The molecular weight excluding hydrogens is 239 g/mol. The van der Waals surface area contributed by atoms with Gasteiger partial charge in [-0.2, -0.15) is 0 Å². The van der Waals surface area contributed by atoms with E-state index in [-0.39, 0.29) is 16.7 Å². The zero-order chi connectivity index (χ0) is 12.3. The summed E-state index contributed by atoms with van der Waals surface area (Å²) in [5.41, 5.74) is 0.725. The normalized spacial score (nSPS) is 17.1. The molecule has 1 aliphatic carbocycles. The first-order chi connectivity index (χ1) is 8.16. The lowest BCUT2D eigenvalue weighted by molar-refractivity contribution is -0.123. The predicted molar refractivity (Wildman–Crippen MR) is 66.7 cm³/mol. The van der Waals surface area contributed by atoms with Crippen molar-refractivity contribution in [3.8, 4) is 0 Å². The van der Waals surface area contributed by atoms with Crippen molar-refractivity contribution in [2.24, 2.45) is 5.92 Å². The van der Waals surface area contributed by atoms with Gasteiger partial charge >= 0.3 is 0 Å². The molecular formula is C14H16ClFO. The number of carbonyl (C=O) groups excluding carboxylic acids is 1. The average molecular weight is 255 g/mol. The third kappa shape index (κ3) is 3.29. The summed E-state index contributed by atoms with van der Waals surface area (Å²) >= 11 is 5.61. The molecule has 0 heterocycles. The second-order valence-corrected chi connectivity index (χ2v) is 5.13. The molecule has 1 saturated carbocycles. The highest BCUT2D eigenvalue weighted by molar-refractivity contribution is 6.30. The molecule has 0 saturated heterocycles. The Labute approximate surface area is 106 Å². The fourth-order valence-corrected chi connectivity index (χ4v) is 2.54. The van der Waals surface area contributed by atoms with E-state index in [1.807, 2.05) is 0 Å². The van der Waals surface area contributed by atoms with Crippen LogP contribution >= 0.6 is 11.6 Å². The molecule has 0 amide bonds. The van der Waals surface area contributed by atoms with Gasteiger partial charge in [-0.3, -0.25) is 4.79 Å². The quantitative estimate of drug-likeness (QED) is 0.791. The molecule has 0 bridgehead atoms. The summed E-state index contributed by atoms with van der Waals surface area (Å²) in [6.07, 6.45) is 5.85. The largest absolute Gasteiger partial charge is 0.299 e. The van der Waals surface area contributed by atoms with Crippen LogP contribution in [-0.2, 0) is 11.2 Å². The molecule has 0 N–H and O–H groups in total. The Morgan fingerprint density at radius 3 is 2.65 bits per heavy atom. The number of hydrogen-bond acceptors (Lipinski definition) is 1. The minimum atomic E-state index is -0.444. The average Bonchev–Trinajstić information content (AvgIpc) is 2.35. The van der Waals surface area contributed by atoms with Crippen molar-refractivity contribution in [2.45, 2.75) is 38.5 Å². The van der Waals surface area contributed by atoms with Crippen LogP contribution in [0.5, 0.6) is 0 Å². The Bertz CT molecular complexity index is 411. The van der Waals surface area contributed by atoms with Crippen molar-refractivity contribution in [1.82, 2.24) is 0 Å². The maximum absolute atomic E-state index is 13.2. The van der Waals surface area contributed by atoms with Crippen LogP contribution in [0.1, 0.15) is 37.7 Å². The molecule has 1 aromatic carbocycles. The number of halogens is 2. The topological polar surface area (TPSA) is 17.1 Å². The van der Waals surface area contributed by atoms with Crippen molar-refractivity contribution in [3.05, 3.63) is 34.6 Å². The first-order valence-electron chi connectivity index (χ1n) is 6.13. The molecule has 1 fully saturated rings. The molecule has 0 atom stereocenters. The molecule has 2 rings (SSSR count). The molecule has 1 aliphatic rings. The first-order valence-corrected chi connectivity index (χ1v) is 6.51. The lowest BCUT2D eigenvalue weighted by atomic mass is 9.84. The second-order valence-electron chi connectivity index (χ2n) is 4.73. The molecule has 92 valence electrons. The molecule has 0 spiro atoms. The van der Waals surface area contributed by atoms with Crippen LogP contribution in [0.3, 0.4) is 0 Å². The fourth-order valence-electron chi connectivity index (χ4n) is 2.42. The van der Waals surface area contributed by atoms with Gasteiger partial charge in [-0.1, -0.05) is 36.9 Å². The highest BCUT2D eigenvalue weighted by atomic mass is 35.5. The van der Waals surface area contributed by atoms with E-state index >= 15 is 0 Å². The fraction of sp³-hybridized carbons (Fsp3) is 0.500. The minimum absolute atomic E-state index is 0.110. The highest BCUT2D eigenvalue weighted by Crippen LogP contribution is 2.26. The summed E-state index contributed by atoms with van der Waals surface area (Å²) in [6, 6.07) is 4.61. The number of benzene rings is 1. The van der Waals surface area contributed by atoms with Gasteiger partial charge in [-0.25, -0.2) is 4.39 Å².